The molecule has 1 unspecified atom stereocenters. The lowest BCUT2D eigenvalue weighted by molar-refractivity contribution is -0.898. The van der Waals surface area contributed by atoms with Crippen LogP contribution in [0.15, 0.2) is 24.3 Å². The summed E-state index contributed by atoms with van der Waals surface area (Å²) in [6.45, 7) is 2.62. The smallest absolute Gasteiger partial charge is 0.274 e. The van der Waals surface area contributed by atoms with Crippen LogP contribution in [0.2, 0.25) is 0 Å². The summed E-state index contributed by atoms with van der Waals surface area (Å²) in [6, 6.07) is 8.13. The number of nitrogens with zero attached hydrogens (tertiary/aromatic N) is 1. The zero-order valence-corrected chi connectivity index (χ0v) is 11.8. The molecule has 1 amide bonds. The van der Waals surface area contributed by atoms with Crippen LogP contribution in [0.3, 0.4) is 0 Å². The molecule has 2 aromatic rings. The highest BCUT2D eigenvalue weighted by atomic mass is 16.1. The van der Waals surface area contributed by atoms with Gasteiger partial charge in [-0.05, 0) is 25.0 Å². The van der Waals surface area contributed by atoms with E-state index in [-0.39, 0.29) is 5.91 Å². The molecule has 1 aliphatic heterocycles. The molecule has 2 atom stereocenters. The molecule has 1 saturated heterocycles. The number of rotatable bonds is 3. The Morgan fingerprint density at radius 2 is 2.35 bits per heavy atom. The van der Waals surface area contributed by atoms with E-state index in [0.717, 1.165) is 42.8 Å². The molecule has 5 heteroatoms. The number of quaternary nitrogens is 1. The van der Waals surface area contributed by atoms with Crippen LogP contribution in [-0.2, 0) is 4.79 Å². The number of para-hydroxylation sites is 2. The molecule has 0 radical (unpaired) electrons. The molecule has 2 heterocycles. The predicted octanol–water partition coefficient (Wildman–Crippen LogP) is 0.0712. The van der Waals surface area contributed by atoms with Crippen LogP contribution < -0.4 is 10.2 Å². The lowest BCUT2D eigenvalue weighted by Gasteiger charge is -2.28. The lowest BCUT2D eigenvalue weighted by atomic mass is 9.97. The summed E-state index contributed by atoms with van der Waals surface area (Å²) >= 11 is 0. The SMILES string of the molecule is CNC(=O)C[NH+]1CCC[C@@H](c2nc3ccccc3[nH]2)C1. The van der Waals surface area contributed by atoms with Crippen LogP contribution in [0.5, 0.6) is 0 Å². The second-order valence-electron chi connectivity index (χ2n) is 5.53. The van der Waals surface area contributed by atoms with Crippen molar-refractivity contribution in [1.82, 2.24) is 15.3 Å². The summed E-state index contributed by atoms with van der Waals surface area (Å²) in [5.41, 5.74) is 2.13. The van der Waals surface area contributed by atoms with Crippen molar-refractivity contribution in [3.8, 4) is 0 Å². The number of aromatic nitrogens is 2. The predicted molar refractivity (Wildman–Crippen MR) is 77.7 cm³/mol. The topological polar surface area (TPSA) is 62.2 Å². The maximum absolute atomic E-state index is 11.5. The van der Waals surface area contributed by atoms with Crippen molar-refractivity contribution in [3.63, 3.8) is 0 Å². The Balaban J connectivity index is 1.74. The minimum absolute atomic E-state index is 0.116. The van der Waals surface area contributed by atoms with Gasteiger partial charge in [0.1, 0.15) is 5.82 Å². The first-order valence-electron chi connectivity index (χ1n) is 7.25. The maximum atomic E-state index is 11.5. The van der Waals surface area contributed by atoms with Crippen LogP contribution >= 0.6 is 0 Å². The third-order valence-corrected chi connectivity index (χ3v) is 4.10. The monoisotopic (exact) mass is 273 g/mol. The summed E-state index contributed by atoms with van der Waals surface area (Å²) in [6.07, 6.45) is 2.30. The van der Waals surface area contributed by atoms with Crippen molar-refractivity contribution in [1.29, 1.82) is 0 Å². The van der Waals surface area contributed by atoms with Gasteiger partial charge in [-0.25, -0.2) is 4.98 Å². The number of likely N-dealkylation sites (tertiary alicyclic amines) is 1. The summed E-state index contributed by atoms with van der Waals surface area (Å²) in [4.78, 5) is 21.0. The molecule has 1 fully saturated rings. The molecule has 0 bridgehead atoms. The first-order valence-corrected chi connectivity index (χ1v) is 7.25. The van der Waals surface area contributed by atoms with E-state index in [2.05, 4.69) is 16.4 Å². The van der Waals surface area contributed by atoms with Gasteiger partial charge >= 0.3 is 0 Å². The minimum Gasteiger partial charge on any atom is -0.354 e. The Hall–Kier alpha value is -1.88. The van der Waals surface area contributed by atoms with E-state index < -0.39 is 0 Å². The van der Waals surface area contributed by atoms with Crippen LogP contribution in [0.25, 0.3) is 11.0 Å². The van der Waals surface area contributed by atoms with E-state index >= 15 is 0 Å². The summed E-state index contributed by atoms with van der Waals surface area (Å²) in [5, 5.41) is 2.71. The molecule has 3 N–H and O–H groups in total. The number of hydrogen-bond acceptors (Lipinski definition) is 2. The molecule has 0 aliphatic carbocycles. The molecular weight excluding hydrogens is 252 g/mol. The molecule has 3 rings (SSSR count). The van der Waals surface area contributed by atoms with Gasteiger partial charge in [0, 0.05) is 7.05 Å². The number of hydrogen-bond donors (Lipinski definition) is 3. The van der Waals surface area contributed by atoms with E-state index in [4.69, 9.17) is 4.98 Å². The number of aromatic amines is 1. The highest BCUT2D eigenvalue weighted by molar-refractivity contribution is 5.76. The van der Waals surface area contributed by atoms with Gasteiger partial charge in [-0.3, -0.25) is 4.79 Å². The van der Waals surface area contributed by atoms with Gasteiger partial charge in [0.25, 0.3) is 5.91 Å². The highest BCUT2D eigenvalue weighted by Crippen LogP contribution is 2.21. The summed E-state index contributed by atoms with van der Waals surface area (Å²) in [5.74, 6) is 1.61. The van der Waals surface area contributed by atoms with Crippen LogP contribution in [-0.4, -0.2) is 42.6 Å². The summed E-state index contributed by atoms with van der Waals surface area (Å²) < 4.78 is 0. The minimum atomic E-state index is 0.116. The quantitative estimate of drug-likeness (QED) is 0.741. The van der Waals surface area contributed by atoms with E-state index in [0.29, 0.717) is 12.5 Å². The number of amides is 1. The molecule has 1 aromatic heterocycles. The Morgan fingerprint density at radius 3 is 3.15 bits per heavy atom. The number of nitrogens with one attached hydrogen (secondary N) is 3. The average molecular weight is 273 g/mol. The number of fused-ring (bicyclic) bond motifs is 1. The van der Waals surface area contributed by atoms with Gasteiger partial charge in [-0.1, -0.05) is 12.1 Å². The zero-order valence-electron chi connectivity index (χ0n) is 11.8. The van der Waals surface area contributed by atoms with E-state index in [1.807, 2.05) is 18.2 Å². The fourth-order valence-electron chi connectivity index (χ4n) is 3.03. The Labute approximate surface area is 118 Å². The van der Waals surface area contributed by atoms with Crippen molar-refractivity contribution in [3.05, 3.63) is 30.1 Å². The van der Waals surface area contributed by atoms with Crippen LogP contribution in [0, 0.1) is 0 Å². The molecule has 1 aromatic carbocycles. The van der Waals surface area contributed by atoms with Crippen molar-refractivity contribution >= 4 is 16.9 Å². The van der Waals surface area contributed by atoms with E-state index in [9.17, 15) is 4.79 Å². The normalized spacial score (nSPS) is 22.9. The average Bonchev–Trinajstić information content (AvgIpc) is 2.91. The Kier molecular flexibility index (Phi) is 3.69. The van der Waals surface area contributed by atoms with Crippen molar-refractivity contribution in [2.75, 3.05) is 26.7 Å². The Morgan fingerprint density at radius 1 is 1.50 bits per heavy atom. The first-order chi connectivity index (χ1) is 9.76. The zero-order chi connectivity index (χ0) is 13.9. The van der Waals surface area contributed by atoms with Gasteiger partial charge in [0.05, 0.1) is 30.0 Å². The molecular formula is C15H21N4O+. The van der Waals surface area contributed by atoms with Gasteiger partial charge < -0.3 is 15.2 Å². The second kappa shape index (κ2) is 5.63. The Bertz CT molecular complexity index is 574. The number of piperidine rings is 1. The molecule has 20 heavy (non-hydrogen) atoms. The number of H-pyrrole nitrogens is 1. The van der Waals surface area contributed by atoms with E-state index in [1.54, 1.807) is 7.05 Å². The van der Waals surface area contributed by atoms with Crippen molar-refractivity contribution in [2.45, 2.75) is 18.8 Å². The molecule has 5 nitrogen and oxygen atoms in total. The van der Waals surface area contributed by atoms with Crippen molar-refractivity contribution in [2.24, 2.45) is 0 Å². The second-order valence-corrected chi connectivity index (χ2v) is 5.53. The third kappa shape index (κ3) is 2.67. The van der Waals surface area contributed by atoms with Crippen LogP contribution in [0.1, 0.15) is 24.6 Å². The first kappa shape index (κ1) is 13.1. The van der Waals surface area contributed by atoms with Gasteiger partial charge in [0.15, 0.2) is 6.54 Å². The number of carbonyl (C=O) groups is 1. The molecule has 0 spiro atoms. The van der Waals surface area contributed by atoms with Gasteiger partial charge in [-0.2, -0.15) is 0 Å². The number of carbonyl (C=O) groups excluding carboxylic acids is 1. The number of imidazole rings is 1. The van der Waals surface area contributed by atoms with E-state index in [1.165, 1.54) is 4.90 Å². The number of likely N-dealkylation sites (N-methyl/N-ethyl adjacent to an activating group) is 1. The number of benzene rings is 1. The lowest BCUT2D eigenvalue weighted by Crippen LogP contribution is -3.14. The maximum Gasteiger partial charge on any atom is 0.274 e. The molecule has 1 aliphatic rings. The molecule has 106 valence electrons. The van der Waals surface area contributed by atoms with Gasteiger partial charge in [-0.15, -0.1) is 0 Å². The van der Waals surface area contributed by atoms with Crippen molar-refractivity contribution < 1.29 is 9.69 Å². The standard InChI is InChI=1S/C15H20N4O/c1-16-14(20)10-19-8-4-5-11(9-19)15-17-12-6-2-3-7-13(12)18-15/h2-3,6-7,11H,4-5,8-10H2,1H3,(H,16,20)(H,17,18)/p+1/t11-/m1/s1. The van der Waals surface area contributed by atoms with Gasteiger partial charge in [0.2, 0.25) is 0 Å². The highest BCUT2D eigenvalue weighted by Gasteiger charge is 2.27. The largest absolute Gasteiger partial charge is 0.354 e. The third-order valence-electron chi connectivity index (χ3n) is 4.10. The van der Waals surface area contributed by atoms with Crippen LogP contribution in [0.4, 0.5) is 0 Å². The fraction of sp³-hybridized carbons (Fsp3) is 0.467. The molecule has 0 saturated carbocycles. The fourth-order valence-corrected chi connectivity index (χ4v) is 3.03. The summed E-state index contributed by atoms with van der Waals surface area (Å²) in [7, 11) is 1.70.